The number of benzene rings is 9. The molecule has 9 aromatic carbocycles. The van der Waals surface area contributed by atoms with Crippen molar-refractivity contribution in [2.75, 3.05) is 0 Å². The molecule has 0 N–H and O–H groups in total. The molecule has 0 atom stereocenters. The van der Waals surface area contributed by atoms with Gasteiger partial charge in [-0.05, 0) is 92.2 Å². The maximum Gasteiger partial charge on any atom is 0.227 e. The van der Waals surface area contributed by atoms with Crippen molar-refractivity contribution in [3.63, 3.8) is 0 Å². The monoisotopic (exact) mass is 714 g/mol. The van der Waals surface area contributed by atoms with Crippen LogP contribution in [0.2, 0.25) is 0 Å². The van der Waals surface area contributed by atoms with Crippen molar-refractivity contribution in [2.24, 2.45) is 0 Å². The van der Waals surface area contributed by atoms with Gasteiger partial charge in [0.1, 0.15) is 5.52 Å². The Bertz CT molecular complexity index is 3180. The number of hydrogen-bond acceptors (Lipinski definition) is 2. The summed E-state index contributed by atoms with van der Waals surface area (Å²) in [6, 6.07) is 73.4. The molecule has 0 radical (unpaired) electrons. The van der Waals surface area contributed by atoms with Crippen LogP contribution >= 0.6 is 0 Å². The van der Waals surface area contributed by atoms with Gasteiger partial charge in [0, 0.05) is 27.6 Å². The van der Waals surface area contributed by atoms with Gasteiger partial charge >= 0.3 is 0 Å². The largest absolute Gasteiger partial charge is 0.435 e. The van der Waals surface area contributed by atoms with Gasteiger partial charge in [-0.15, -0.1) is 0 Å². The van der Waals surface area contributed by atoms with Crippen LogP contribution in [0, 0.1) is 0 Å². The lowest BCUT2D eigenvalue weighted by Crippen LogP contribution is -1.94. The predicted molar refractivity (Wildman–Crippen MR) is 233 cm³/mol. The molecule has 2 aromatic heterocycles. The lowest BCUT2D eigenvalue weighted by molar-refractivity contribution is 0.621. The van der Waals surface area contributed by atoms with Crippen LogP contribution in [0.25, 0.3) is 105 Å². The predicted octanol–water partition coefficient (Wildman–Crippen LogP) is 14.4. The van der Waals surface area contributed by atoms with Gasteiger partial charge in [-0.3, -0.25) is 0 Å². The summed E-state index contributed by atoms with van der Waals surface area (Å²) in [5.74, 6) is 0.613. The summed E-state index contributed by atoms with van der Waals surface area (Å²) in [5, 5.41) is 4.93. The van der Waals surface area contributed by atoms with E-state index in [9.17, 15) is 0 Å². The lowest BCUT2D eigenvalue weighted by atomic mass is 9.89. The van der Waals surface area contributed by atoms with Gasteiger partial charge in [-0.2, -0.15) is 0 Å². The molecule has 0 saturated carbocycles. The summed E-state index contributed by atoms with van der Waals surface area (Å²) in [4.78, 5) is 4.95. The second-order valence-electron chi connectivity index (χ2n) is 14.3. The van der Waals surface area contributed by atoms with E-state index in [0.717, 1.165) is 39.0 Å². The van der Waals surface area contributed by atoms with Gasteiger partial charge in [-0.25, -0.2) is 4.98 Å². The number of nitrogens with zero attached hydrogens (tertiary/aromatic N) is 2. The fourth-order valence-electron chi connectivity index (χ4n) is 8.47. The molecule has 3 heteroatoms. The third-order valence-electron chi connectivity index (χ3n) is 11.1. The van der Waals surface area contributed by atoms with Gasteiger partial charge in [0.2, 0.25) is 5.89 Å². The summed E-state index contributed by atoms with van der Waals surface area (Å²) in [6.07, 6.45) is 0. The summed E-state index contributed by atoms with van der Waals surface area (Å²) < 4.78 is 8.92. The molecule has 3 nitrogen and oxygen atoms in total. The van der Waals surface area contributed by atoms with Gasteiger partial charge in [0.05, 0.1) is 11.0 Å². The Morgan fingerprint density at radius 3 is 1.46 bits per heavy atom. The van der Waals surface area contributed by atoms with Crippen molar-refractivity contribution in [1.82, 2.24) is 9.55 Å². The average Bonchev–Trinajstić information content (AvgIpc) is 3.87. The van der Waals surface area contributed by atoms with E-state index in [1.54, 1.807) is 0 Å². The Kier molecular flexibility index (Phi) is 7.49. The summed E-state index contributed by atoms with van der Waals surface area (Å²) in [6.45, 7) is 0. The van der Waals surface area contributed by atoms with Crippen LogP contribution in [0.5, 0.6) is 0 Å². The number of aromatic nitrogens is 2. The van der Waals surface area contributed by atoms with Crippen LogP contribution < -0.4 is 0 Å². The van der Waals surface area contributed by atoms with E-state index in [1.165, 1.54) is 60.4 Å². The highest BCUT2D eigenvalue weighted by molar-refractivity contribution is 6.09. The van der Waals surface area contributed by atoms with Crippen LogP contribution in [-0.4, -0.2) is 9.55 Å². The highest BCUT2D eigenvalue weighted by Crippen LogP contribution is 2.41. The van der Waals surface area contributed by atoms with Crippen LogP contribution in [0.4, 0.5) is 0 Å². The van der Waals surface area contributed by atoms with Gasteiger partial charge in [0.25, 0.3) is 0 Å². The van der Waals surface area contributed by atoms with Gasteiger partial charge in [-0.1, -0.05) is 164 Å². The van der Waals surface area contributed by atoms with Crippen LogP contribution in [0.3, 0.4) is 0 Å². The maximum atomic E-state index is 6.55. The minimum atomic E-state index is 0.613. The van der Waals surface area contributed by atoms with E-state index in [4.69, 9.17) is 9.40 Å². The Morgan fingerprint density at radius 1 is 0.339 bits per heavy atom. The first kappa shape index (κ1) is 32.0. The Hall–Kier alpha value is -7.49. The Morgan fingerprint density at radius 2 is 0.804 bits per heavy atom. The SMILES string of the molecule is c1ccc(-c2ccccc2-c2ccc(-n3c4ccccc4c4ccccc43)cc2)c(-c2ccc(-c3nc4cccc(-c5cccc6ccccc56)c4o3)cc2)c1. The molecule has 56 heavy (non-hydrogen) atoms. The third-order valence-corrected chi connectivity index (χ3v) is 11.1. The summed E-state index contributed by atoms with van der Waals surface area (Å²) in [7, 11) is 0. The molecule has 0 amide bonds. The Balaban J connectivity index is 0.937. The summed E-state index contributed by atoms with van der Waals surface area (Å²) in [5.41, 5.74) is 15.4. The van der Waals surface area contributed by atoms with E-state index in [0.29, 0.717) is 5.89 Å². The lowest BCUT2D eigenvalue weighted by Gasteiger charge is -2.15. The van der Waals surface area contributed by atoms with Gasteiger partial charge < -0.3 is 8.98 Å². The molecule has 0 aliphatic heterocycles. The molecular formula is C53H34N2O. The zero-order chi connectivity index (χ0) is 37.0. The average molecular weight is 715 g/mol. The molecular weight excluding hydrogens is 681 g/mol. The van der Waals surface area contributed by atoms with Crippen LogP contribution in [0.15, 0.2) is 211 Å². The maximum absolute atomic E-state index is 6.55. The number of fused-ring (bicyclic) bond motifs is 5. The number of rotatable bonds is 6. The zero-order valence-electron chi connectivity index (χ0n) is 30.4. The van der Waals surface area contributed by atoms with Crippen molar-refractivity contribution in [3.8, 4) is 61.6 Å². The number of para-hydroxylation sites is 3. The van der Waals surface area contributed by atoms with Crippen molar-refractivity contribution in [3.05, 3.63) is 206 Å². The summed E-state index contributed by atoms with van der Waals surface area (Å²) >= 11 is 0. The number of oxazole rings is 1. The van der Waals surface area contributed by atoms with E-state index in [2.05, 4.69) is 205 Å². The quantitative estimate of drug-likeness (QED) is 0.172. The molecule has 0 saturated heterocycles. The molecule has 0 aliphatic rings. The van der Waals surface area contributed by atoms with Crippen molar-refractivity contribution < 1.29 is 4.42 Å². The van der Waals surface area contributed by atoms with E-state index < -0.39 is 0 Å². The normalized spacial score (nSPS) is 11.6. The van der Waals surface area contributed by atoms with E-state index in [1.807, 2.05) is 6.07 Å². The second-order valence-corrected chi connectivity index (χ2v) is 14.3. The second kappa shape index (κ2) is 13.1. The molecule has 0 spiro atoms. The topological polar surface area (TPSA) is 31.0 Å². The Labute approximate surface area is 324 Å². The van der Waals surface area contributed by atoms with Crippen LogP contribution in [0.1, 0.15) is 0 Å². The molecule has 2 heterocycles. The molecule has 0 unspecified atom stereocenters. The molecule has 0 fully saturated rings. The molecule has 0 bridgehead atoms. The zero-order valence-corrected chi connectivity index (χ0v) is 30.4. The highest BCUT2D eigenvalue weighted by atomic mass is 16.3. The standard InChI is InChI=1S/C53H34N2O/c1-2-15-40-35(13-1)14-11-22-45(40)48-23-12-24-49-52(48)56-53(54-49)38-29-27-36(28-30-38)41-16-3-5-18-43(41)44-19-6-4-17-42(44)37-31-33-39(34-32-37)55-50-25-9-7-20-46(50)47-21-8-10-26-51(47)55/h1-34H. The minimum Gasteiger partial charge on any atom is -0.435 e. The van der Waals surface area contributed by atoms with Gasteiger partial charge in [0.15, 0.2) is 5.58 Å². The smallest absolute Gasteiger partial charge is 0.227 e. The van der Waals surface area contributed by atoms with Crippen LogP contribution in [-0.2, 0) is 0 Å². The molecule has 262 valence electrons. The fraction of sp³-hybridized carbons (Fsp3) is 0. The fourth-order valence-corrected chi connectivity index (χ4v) is 8.47. The van der Waals surface area contributed by atoms with Crippen molar-refractivity contribution >= 4 is 43.7 Å². The molecule has 11 rings (SSSR count). The molecule has 11 aromatic rings. The first-order valence-electron chi connectivity index (χ1n) is 19.0. The molecule has 0 aliphatic carbocycles. The first-order valence-corrected chi connectivity index (χ1v) is 19.0. The van der Waals surface area contributed by atoms with Crippen molar-refractivity contribution in [2.45, 2.75) is 0 Å². The van der Waals surface area contributed by atoms with E-state index >= 15 is 0 Å². The first-order chi connectivity index (χ1) is 27.8. The minimum absolute atomic E-state index is 0.613. The highest BCUT2D eigenvalue weighted by Gasteiger charge is 2.17. The van der Waals surface area contributed by atoms with Crippen molar-refractivity contribution in [1.29, 1.82) is 0 Å². The number of hydrogen-bond donors (Lipinski definition) is 0. The third kappa shape index (κ3) is 5.25. The van der Waals surface area contributed by atoms with E-state index in [-0.39, 0.29) is 0 Å².